The normalized spacial score (nSPS) is 15.0. The second-order valence-electron chi connectivity index (χ2n) is 6.64. The summed E-state index contributed by atoms with van der Waals surface area (Å²) < 4.78 is 5.50. The Labute approximate surface area is 157 Å². The van der Waals surface area contributed by atoms with Crippen molar-refractivity contribution >= 4 is 17.5 Å². The third-order valence-corrected chi connectivity index (χ3v) is 5.00. The molecule has 1 amide bonds. The molecule has 0 unspecified atom stereocenters. The summed E-state index contributed by atoms with van der Waals surface area (Å²) in [7, 11) is 0. The summed E-state index contributed by atoms with van der Waals surface area (Å²) in [5.74, 6) is 1.30. The van der Waals surface area contributed by atoms with E-state index in [9.17, 15) is 9.59 Å². The second-order valence-corrected chi connectivity index (χ2v) is 7.08. The van der Waals surface area contributed by atoms with Gasteiger partial charge in [-0.1, -0.05) is 23.7 Å². The van der Waals surface area contributed by atoms with Crippen molar-refractivity contribution in [3.05, 3.63) is 63.5 Å². The molecule has 5 nitrogen and oxygen atoms in total. The maximum Gasteiger partial charge on any atom is 0.248 e. The van der Waals surface area contributed by atoms with Gasteiger partial charge in [-0.25, -0.2) is 0 Å². The van der Waals surface area contributed by atoms with Crippen LogP contribution in [0.4, 0.5) is 0 Å². The third-order valence-electron chi connectivity index (χ3n) is 4.75. The number of likely N-dealkylation sites (tertiary alicyclic amines) is 1. The van der Waals surface area contributed by atoms with Gasteiger partial charge in [0.25, 0.3) is 0 Å². The lowest BCUT2D eigenvalue weighted by Gasteiger charge is -2.32. The number of nitrogens with zero attached hydrogens (tertiary/aromatic N) is 1. The van der Waals surface area contributed by atoms with Gasteiger partial charge in [-0.3, -0.25) is 9.59 Å². The number of hydrogen-bond acceptors (Lipinski definition) is 3. The number of carbonyl (C=O) groups is 1. The van der Waals surface area contributed by atoms with Gasteiger partial charge in [0.05, 0.1) is 13.0 Å². The maximum atomic E-state index is 12.3. The second kappa shape index (κ2) is 8.90. The maximum absolute atomic E-state index is 12.3. The van der Waals surface area contributed by atoms with Crippen LogP contribution in [-0.4, -0.2) is 35.5 Å². The number of amides is 1. The van der Waals surface area contributed by atoms with Crippen molar-refractivity contribution in [1.29, 1.82) is 0 Å². The van der Waals surface area contributed by atoms with E-state index in [0.29, 0.717) is 24.7 Å². The molecule has 1 aromatic heterocycles. The Kier molecular flexibility index (Phi) is 6.34. The van der Waals surface area contributed by atoms with Gasteiger partial charge < -0.3 is 14.6 Å². The molecule has 6 heteroatoms. The monoisotopic (exact) mass is 374 g/mol. The first-order chi connectivity index (χ1) is 12.6. The van der Waals surface area contributed by atoms with Gasteiger partial charge in [0.15, 0.2) is 0 Å². The Morgan fingerprint density at radius 2 is 1.88 bits per heavy atom. The van der Waals surface area contributed by atoms with Crippen LogP contribution in [0.15, 0.2) is 47.4 Å². The van der Waals surface area contributed by atoms with E-state index in [1.165, 1.54) is 17.8 Å². The number of piperidine rings is 1. The minimum Gasteiger partial charge on any atom is -0.492 e. The number of carbonyl (C=O) groups excluding carboxylic acids is 1. The summed E-state index contributed by atoms with van der Waals surface area (Å²) >= 11 is 5.93. The third kappa shape index (κ3) is 5.36. The van der Waals surface area contributed by atoms with Gasteiger partial charge in [0, 0.05) is 30.4 Å². The molecule has 1 aromatic carbocycles. The van der Waals surface area contributed by atoms with Crippen LogP contribution in [0.5, 0.6) is 5.75 Å². The van der Waals surface area contributed by atoms with Crippen molar-refractivity contribution in [3.8, 4) is 5.75 Å². The molecule has 1 N–H and O–H groups in total. The Hall–Kier alpha value is -2.27. The Morgan fingerprint density at radius 3 is 2.54 bits per heavy atom. The zero-order valence-corrected chi connectivity index (χ0v) is 15.4. The zero-order chi connectivity index (χ0) is 18.4. The van der Waals surface area contributed by atoms with E-state index in [0.717, 1.165) is 37.4 Å². The van der Waals surface area contributed by atoms with Crippen LogP contribution in [0.25, 0.3) is 0 Å². The minimum absolute atomic E-state index is 0.124. The lowest BCUT2D eigenvalue weighted by Crippen LogP contribution is -2.39. The van der Waals surface area contributed by atoms with Gasteiger partial charge in [0.2, 0.25) is 11.5 Å². The first kappa shape index (κ1) is 18.5. The molecule has 3 rings (SSSR count). The van der Waals surface area contributed by atoms with Crippen LogP contribution in [0.1, 0.15) is 24.8 Å². The fraction of sp³-hybridized carbons (Fsp3) is 0.400. The van der Waals surface area contributed by atoms with E-state index in [-0.39, 0.29) is 11.5 Å². The number of benzene rings is 1. The number of rotatable bonds is 6. The van der Waals surface area contributed by atoms with E-state index < -0.39 is 0 Å². The highest BCUT2D eigenvalue weighted by Crippen LogP contribution is 2.23. The Balaban J connectivity index is 1.38. The van der Waals surface area contributed by atoms with Gasteiger partial charge in [0.1, 0.15) is 5.75 Å². The molecule has 1 fully saturated rings. The molecule has 26 heavy (non-hydrogen) atoms. The lowest BCUT2D eigenvalue weighted by molar-refractivity contribution is -0.133. The van der Waals surface area contributed by atoms with Gasteiger partial charge >= 0.3 is 0 Å². The molecule has 138 valence electrons. The van der Waals surface area contributed by atoms with Crippen molar-refractivity contribution in [1.82, 2.24) is 9.88 Å². The summed E-state index contributed by atoms with van der Waals surface area (Å²) in [6.45, 7) is 1.92. The number of aromatic nitrogens is 1. The molecule has 1 saturated heterocycles. The number of H-pyrrole nitrogens is 1. The van der Waals surface area contributed by atoms with Crippen LogP contribution < -0.4 is 10.3 Å². The first-order valence-corrected chi connectivity index (χ1v) is 9.32. The summed E-state index contributed by atoms with van der Waals surface area (Å²) in [5, 5.41) is 0.762. The highest BCUT2D eigenvalue weighted by Gasteiger charge is 2.22. The molecule has 2 aromatic rings. The minimum atomic E-state index is -0.171. The number of halogens is 1. The van der Waals surface area contributed by atoms with E-state index >= 15 is 0 Å². The van der Waals surface area contributed by atoms with Gasteiger partial charge in [-0.15, -0.1) is 0 Å². The van der Waals surface area contributed by atoms with E-state index in [2.05, 4.69) is 17.1 Å². The summed E-state index contributed by atoms with van der Waals surface area (Å²) in [6.07, 6.45) is 4.94. The van der Waals surface area contributed by atoms with E-state index in [4.69, 9.17) is 16.3 Å². The number of pyridine rings is 1. The largest absolute Gasteiger partial charge is 0.492 e. The average molecular weight is 375 g/mol. The number of nitrogens with one attached hydrogen (secondary N) is 1. The molecular weight excluding hydrogens is 352 g/mol. The predicted molar refractivity (Wildman–Crippen MR) is 102 cm³/mol. The standard InChI is InChI=1S/C20H23ClN2O3/c21-17-3-1-15(2-4-17)13-16-7-10-23(11-8-16)20(25)9-12-26-18-5-6-19(24)22-14-18/h1-6,14,16H,7-13H2,(H,22,24). The fourth-order valence-electron chi connectivity index (χ4n) is 3.24. The van der Waals surface area contributed by atoms with Crippen LogP contribution in [0.2, 0.25) is 5.02 Å². The Bertz CT molecular complexity index is 760. The first-order valence-electron chi connectivity index (χ1n) is 8.94. The fourth-order valence-corrected chi connectivity index (χ4v) is 3.37. The summed E-state index contributed by atoms with van der Waals surface area (Å²) in [4.78, 5) is 27.8. The smallest absolute Gasteiger partial charge is 0.248 e. The number of aromatic amines is 1. The summed E-state index contributed by atoms with van der Waals surface area (Å²) in [5.41, 5.74) is 1.13. The topological polar surface area (TPSA) is 62.4 Å². The molecule has 0 radical (unpaired) electrons. The van der Waals surface area contributed by atoms with Crippen molar-refractivity contribution in [3.63, 3.8) is 0 Å². The van der Waals surface area contributed by atoms with Crippen LogP contribution in [-0.2, 0) is 11.2 Å². The number of ether oxygens (including phenoxy) is 1. The quantitative estimate of drug-likeness (QED) is 0.844. The van der Waals surface area contributed by atoms with Gasteiger partial charge in [-0.2, -0.15) is 0 Å². The van der Waals surface area contributed by atoms with Crippen molar-refractivity contribution in [2.45, 2.75) is 25.7 Å². The highest BCUT2D eigenvalue weighted by atomic mass is 35.5. The average Bonchev–Trinajstić information content (AvgIpc) is 2.66. The Morgan fingerprint density at radius 1 is 1.15 bits per heavy atom. The highest BCUT2D eigenvalue weighted by molar-refractivity contribution is 6.30. The molecule has 0 spiro atoms. The van der Waals surface area contributed by atoms with Crippen LogP contribution >= 0.6 is 11.6 Å². The molecule has 0 atom stereocenters. The molecular formula is C20H23ClN2O3. The molecule has 0 aliphatic carbocycles. The van der Waals surface area contributed by atoms with Crippen molar-refractivity contribution in [2.75, 3.05) is 19.7 Å². The molecule has 2 heterocycles. The SMILES string of the molecule is O=C(CCOc1ccc(=O)[nH]c1)N1CCC(Cc2ccc(Cl)cc2)CC1. The predicted octanol–water partition coefficient (Wildman–Crippen LogP) is 3.28. The molecule has 0 bridgehead atoms. The summed E-state index contributed by atoms with van der Waals surface area (Å²) in [6, 6.07) is 11.0. The lowest BCUT2D eigenvalue weighted by atomic mass is 9.90. The zero-order valence-electron chi connectivity index (χ0n) is 14.6. The molecule has 1 aliphatic rings. The van der Waals surface area contributed by atoms with E-state index in [1.54, 1.807) is 6.07 Å². The van der Waals surface area contributed by atoms with Crippen LogP contribution in [0.3, 0.4) is 0 Å². The molecule has 1 aliphatic heterocycles. The van der Waals surface area contributed by atoms with E-state index in [1.807, 2.05) is 17.0 Å². The molecule has 0 saturated carbocycles. The van der Waals surface area contributed by atoms with Crippen molar-refractivity contribution in [2.24, 2.45) is 5.92 Å². The van der Waals surface area contributed by atoms with Crippen LogP contribution in [0, 0.1) is 5.92 Å². The van der Waals surface area contributed by atoms with Gasteiger partial charge in [-0.05, 0) is 48.9 Å². The number of hydrogen-bond donors (Lipinski definition) is 1. The van der Waals surface area contributed by atoms with Crippen molar-refractivity contribution < 1.29 is 9.53 Å².